The summed E-state index contributed by atoms with van der Waals surface area (Å²) in [5.41, 5.74) is 10.9. The van der Waals surface area contributed by atoms with E-state index in [2.05, 4.69) is 70.7 Å². The topological polar surface area (TPSA) is 131 Å². The second-order valence-electron chi connectivity index (χ2n) is 13.4. The van der Waals surface area contributed by atoms with Crippen molar-refractivity contribution in [3.8, 4) is 33.8 Å². The number of nitrogens with one attached hydrogen (secondary N) is 2. The van der Waals surface area contributed by atoms with Crippen LogP contribution in [0.15, 0.2) is 84.9 Å². The Hall–Kier alpha value is -5.60. The minimum absolute atomic E-state index is 0.417. The lowest BCUT2D eigenvalue weighted by Gasteiger charge is -2.10. The van der Waals surface area contributed by atoms with Gasteiger partial charge in [0.25, 0.3) is 0 Å². The molecule has 7 rings (SSSR count). The molecule has 0 spiro atoms. The number of hydrogen-bond acceptors (Lipinski definition) is 10. The molecule has 0 amide bonds. The highest BCUT2D eigenvalue weighted by atomic mass is 16.6. The zero-order chi connectivity index (χ0) is 39.8. The number of nitrogens with zero attached hydrogens (tertiary/aromatic N) is 2. The van der Waals surface area contributed by atoms with Crippen molar-refractivity contribution in [1.29, 1.82) is 0 Å². The lowest BCUT2D eigenvalue weighted by molar-refractivity contribution is 0.0180. The number of hydrogen-bond donors (Lipinski definition) is 2. The van der Waals surface area contributed by atoms with Gasteiger partial charge in [-0.3, -0.25) is 0 Å². The minimum Gasteiger partial charge on any atom is -0.491 e. The number of benzene rings is 2. The van der Waals surface area contributed by atoms with Crippen LogP contribution >= 0.6 is 0 Å². The molecule has 8 bridgehead atoms. The summed E-state index contributed by atoms with van der Waals surface area (Å²) in [6, 6.07) is 28.5. The Morgan fingerprint density at radius 2 is 0.845 bits per heavy atom. The third-order valence-electron chi connectivity index (χ3n) is 9.24. The van der Waals surface area contributed by atoms with Crippen molar-refractivity contribution in [2.75, 3.05) is 93.5 Å². The standard InChI is InChI=1S/C46H50N4O8/c1-51-17-19-53-21-23-55-25-27-57-39-7-3-5-33(29-39)45-41-13-9-35(47-41)31-37-11-15-43(49-37)46(44-16-12-38(50-44)32-36-10-14-42(45)48-36)34-6-4-8-40(30-34)58-28-26-56-24-22-54-20-18-52-2/h3-16,29-32,47,50H,17-28H2,1-2H3. The van der Waals surface area contributed by atoms with E-state index in [0.29, 0.717) is 79.3 Å². The van der Waals surface area contributed by atoms with Crippen LogP contribution in [0.1, 0.15) is 22.8 Å². The molecule has 58 heavy (non-hydrogen) atoms. The quantitative estimate of drug-likeness (QED) is 0.0650. The van der Waals surface area contributed by atoms with Crippen LogP contribution < -0.4 is 9.47 Å². The summed E-state index contributed by atoms with van der Waals surface area (Å²) in [6.07, 6.45) is 8.18. The first-order valence-corrected chi connectivity index (χ1v) is 19.5. The van der Waals surface area contributed by atoms with Crippen LogP contribution in [-0.2, 0) is 28.4 Å². The first-order valence-electron chi connectivity index (χ1n) is 19.5. The van der Waals surface area contributed by atoms with E-state index >= 15 is 0 Å². The normalized spacial score (nSPS) is 12.0. The average Bonchev–Trinajstić information content (AvgIpc) is 4.08. The van der Waals surface area contributed by atoms with Gasteiger partial charge >= 0.3 is 0 Å². The Morgan fingerprint density at radius 1 is 0.431 bits per heavy atom. The van der Waals surface area contributed by atoms with Crippen molar-refractivity contribution < 1.29 is 37.9 Å². The zero-order valence-electron chi connectivity index (χ0n) is 33.0. The number of rotatable bonds is 22. The average molecular weight is 787 g/mol. The van der Waals surface area contributed by atoms with Crippen molar-refractivity contribution >= 4 is 46.4 Å². The van der Waals surface area contributed by atoms with Gasteiger partial charge in [0, 0.05) is 47.4 Å². The lowest BCUT2D eigenvalue weighted by atomic mass is 10.0. The molecular weight excluding hydrogens is 737 g/mol. The fraction of sp³-hybridized carbons (Fsp3) is 0.304. The molecule has 0 saturated carbocycles. The monoisotopic (exact) mass is 786 g/mol. The molecule has 0 atom stereocenters. The maximum Gasteiger partial charge on any atom is 0.120 e. The Balaban J connectivity index is 1.15. The summed E-state index contributed by atoms with van der Waals surface area (Å²) in [5, 5.41) is 0. The molecule has 5 heterocycles. The SMILES string of the molecule is COCCOCCOCCOc1cccc(-c2c3nc(cc4ccc([nH]4)c(-c4cccc(OCCOCCOCCOC)c4)c4nc(cc5ccc2[nH]5)C=C4)C=C3)c1. The van der Waals surface area contributed by atoms with Crippen LogP contribution in [0.5, 0.6) is 11.5 Å². The summed E-state index contributed by atoms with van der Waals surface area (Å²) >= 11 is 0. The van der Waals surface area contributed by atoms with Crippen molar-refractivity contribution in [2.45, 2.75) is 0 Å². The number of fused-ring (bicyclic) bond motifs is 8. The van der Waals surface area contributed by atoms with E-state index in [1.807, 2.05) is 48.6 Å². The van der Waals surface area contributed by atoms with Crippen LogP contribution in [0.2, 0.25) is 0 Å². The first-order chi connectivity index (χ1) is 28.7. The van der Waals surface area contributed by atoms with Crippen LogP contribution in [0, 0.1) is 0 Å². The fourth-order valence-corrected chi connectivity index (χ4v) is 6.53. The molecule has 0 saturated heterocycles. The van der Waals surface area contributed by atoms with Gasteiger partial charge in [-0.15, -0.1) is 0 Å². The Morgan fingerprint density at radius 3 is 1.28 bits per heavy atom. The van der Waals surface area contributed by atoms with Gasteiger partial charge in [-0.1, -0.05) is 24.3 Å². The van der Waals surface area contributed by atoms with E-state index in [1.165, 1.54) is 0 Å². The minimum atomic E-state index is 0.417. The van der Waals surface area contributed by atoms with Gasteiger partial charge in [-0.2, -0.15) is 0 Å². The molecule has 2 aromatic carbocycles. The molecule has 0 radical (unpaired) electrons. The number of H-pyrrole nitrogens is 2. The van der Waals surface area contributed by atoms with Crippen LogP contribution in [0.25, 0.3) is 68.6 Å². The highest BCUT2D eigenvalue weighted by molar-refractivity contribution is 5.93. The van der Waals surface area contributed by atoms with Crippen molar-refractivity contribution in [3.63, 3.8) is 0 Å². The molecule has 302 valence electrons. The highest BCUT2D eigenvalue weighted by Gasteiger charge is 2.14. The molecule has 0 aliphatic carbocycles. The fourth-order valence-electron chi connectivity index (χ4n) is 6.53. The van der Waals surface area contributed by atoms with Crippen molar-refractivity contribution in [1.82, 2.24) is 19.9 Å². The van der Waals surface area contributed by atoms with E-state index < -0.39 is 0 Å². The van der Waals surface area contributed by atoms with Crippen molar-refractivity contribution in [3.05, 3.63) is 108 Å². The molecule has 2 aliphatic rings. The molecule has 0 fully saturated rings. The second kappa shape index (κ2) is 21.2. The van der Waals surface area contributed by atoms with E-state index in [-0.39, 0.29) is 0 Å². The maximum atomic E-state index is 6.10. The van der Waals surface area contributed by atoms with Crippen molar-refractivity contribution in [2.24, 2.45) is 0 Å². The number of aromatic amines is 2. The van der Waals surface area contributed by atoms with E-state index in [9.17, 15) is 0 Å². The second-order valence-corrected chi connectivity index (χ2v) is 13.4. The van der Waals surface area contributed by atoms with E-state index in [1.54, 1.807) is 14.2 Å². The summed E-state index contributed by atoms with van der Waals surface area (Å²) in [7, 11) is 3.31. The molecule has 2 aliphatic heterocycles. The predicted octanol–water partition coefficient (Wildman–Crippen LogP) is 8.11. The number of methoxy groups -OCH3 is 2. The molecule has 12 heteroatoms. The number of ether oxygens (including phenoxy) is 8. The summed E-state index contributed by atoms with van der Waals surface area (Å²) in [6.45, 7) is 6.01. The van der Waals surface area contributed by atoms with Gasteiger partial charge in [-0.05, 0) is 96.1 Å². The smallest absolute Gasteiger partial charge is 0.120 e. The maximum absolute atomic E-state index is 6.10. The third kappa shape index (κ3) is 11.3. The van der Waals surface area contributed by atoms with E-state index in [4.69, 9.17) is 47.9 Å². The van der Waals surface area contributed by atoms with Gasteiger partial charge in [0.2, 0.25) is 0 Å². The van der Waals surface area contributed by atoms with Crippen LogP contribution in [-0.4, -0.2) is 113 Å². The Kier molecular flexibility index (Phi) is 14.9. The van der Waals surface area contributed by atoms with Gasteiger partial charge in [0.15, 0.2) is 0 Å². The molecular formula is C46H50N4O8. The Labute approximate surface area is 338 Å². The zero-order valence-corrected chi connectivity index (χ0v) is 33.0. The molecule has 3 aromatic heterocycles. The molecule has 2 N–H and O–H groups in total. The van der Waals surface area contributed by atoms with Gasteiger partial charge in [-0.25, -0.2) is 9.97 Å². The largest absolute Gasteiger partial charge is 0.491 e. The van der Waals surface area contributed by atoms with Gasteiger partial charge in [0.1, 0.15) is 24.7 Å². The third-order valence-corrected chi connectivity index (χ3v) is 9.24. The summed E-state index contributed by atoms with van der Waals surface area (Å²) < 4.78 is 44.5. The highest BCUT2D eigenvalue weighted by Crippen LogP contribution is 2.34. The predicted molar refractivity (Wildman–Crippen MR) is 228 cm³/mol. The summed E-state index contributed by atoms with van der Waals surface area (Å²) in [4.78, 5) is 17.4. The van der Waals surface area contributed by atoms with Crippen LogP contribution in [0.3, 0.4) is 0 Å². The lowest BCUT2D eigenvalue weighted by Crippen LogP contribution is -2.12. The molecule has 0 unspecified atom stereocenters. The van der Waals surface area contributed by atoms with Gasteiger partial charge in [0.05, 0.1) is 88.8 Å². The van der Waals surface area contributed by atoms with E-state index in [0.717, 1.165) is 78.6 Å². The molecule has 12 nitrogen and oxygen atoms in total. The molecule has 5 aromatic rings. The Bertz CT molecular complexity index is 2170. The van der Waals surface area contributed by atoms with Crippen LogP contribution in [0.4, 0.5) is 0 Å². The number of aromatic nitrogens is 4. The first kappa shape index (κ1) is 40.6. The van der Waals surface area contributed by atoms with Gasteiger partial charge < -0.3 is 47.9 Å². The summed E-state index contributed by atoms with van der Waals surface area (Å²) in [5.74, 6) is 1.49.